The fraction of sp³-hybridized carbons (Fsp3) is 0.500. The van der Waals surface area contributed by atoms with Crippen molar-refractivity contribution >= 4 is 0 Å². The largest absolute Gasteiger partial charge is 0.494 e. The first-order valence-electron chi connectivity index (χ1n) is 5.22. The number of hydrogen-bond acceptors (Lipinski definition) is 2. The molecule has 2 nitrogen and oxygen atoms in total. The average Bonchev–Trinajstić information content (AvgIpc) is 3.05. The number of benzene rings is 1. The Kier molecular flexibility index (Phi) is 2.62. The molecule has 0 bridgehead atoms. The molecule has 1 aliphatic carbocycles. The summed E-state index contributed by atoms with van der Waals surface area (Å²) in [6.07, 6.45) is 1.82. The van der Waals surface area contributed by atoms with Crippen LogP contribution in [0.3, 0.4) is 0 Å². The van der Waals surface area contributed by atoms with Crippen LogP contribution in [0.15, 0.2) is 12.1 Å². The van der Waals surface area contributed by atoms with Gasteiger partial charge in [0.15, 0.2) is 11.6 Å². The first-order chi connectivity index (χ1) is 7.46. The molecule has 1 N–H and O–H groups in total. The van der Waals surface area contributed by atoms with Crippen LogP contribution in [0, 0.1) is 17.6 Å². The number of rotatable bonds is 3. The molecule has 2 rings (SSSR count). The predicted octanol–water partition coefficient (Wildman–Crippen LogP) is 2.59. The van der Waals surface area contributed by atoms with E-state index in [1.165, 1.54) is 13.2 Å². The van der Waals surface area contributed by atoms with Crippen LogP contribution in [0.25, 0.3) is 0 Å². The summed E-state index contributed by atoms with van der Waals surface area (Å²) in [5.74, 6) is -2.05. The summed E-state index contributed by atoms with van der Waals surface area (Å²) in [5.41, 5.74) is -0.743. The zero-order chi connectivity index (χ0) is 11.9. The third-order valence-electron chi connectivity index (χ3n) is 3.17. The lowest BCUT2D eigenvalue weighted by Crippen LogP contribution is -2.24. The molecule has 0 aliphatic heterocycles. The minimum Gasteiger partial charge on any atom is -0.494 e. The first kappa shape index (κ1) is 11.3. The van der Waals surface area contributed by atoms with Crippen LogP contribution in [0.1, 0.15) is 25.3 Å². The SMILES string of the molecule is COc1cc([C@@](C)(O)C2CC2)cc(F)c1F. The van der Waals surface area contributed by atoms with Crippen LogP contribution in [-0.4, -0.2) is 12.2 Å². The number of aliphatic hydroxyl groups is 1. The van der Waals surface area contributed by atoms with Gasteiger partial charge in [0.05, 0.1) is 12.7 Å². The number of halogens is 2. The summed E-state index contributed by atoms with van der Waals surface area (Å²) in [4.78, 5) is 0. The molecule has 1 aliphatic rings. The van der Waals surface area contributed by atoms with Gasteiger partial charge in [0, 0.05) is 0 Å². The number of ether oxygens (including phenoxy) is 1. The van der Waals surface area contributed by atoms with Crippen molar-refractivity contribution < 1.29 is 18.6 Å². The highest BCUT2D eigenvalue weighted by Crippen LogP contribution is 2.46. The molecule has 0 saturated heterocycles. The van der Waals surface area contributed by atoms with Gasteiger partial charge in [-0.2, -0.15) is 4.39 Å². The Bertz CT molecular complexity index is 412. The zero-order valence-corrected chi connectivity index (χ0v) is 9.26. The molecule has 16 heavy (non-hydrogen) atoms. The molecule has 4 heteroatoms. The van der Waals surface area contributed by atoms with Crippen molar-refractivity contribution in [2.24, 2.45) is 5.92 Å². The third kappa shape index (κ3) is 1.78. The first-order valence-corrected chi connectivity index (χ1v) is 5.22. The molecule has 1 fully saturated rings. The van der Waals surface area contributed by atoms with Crippen molar-refractivity contribution in [2.75, 3.05) is 7.11 Å². The molecule has 0 amide bonds. The molecule has 0 unspecified atom stereocenters. The number of methoxy groups -OCH3 is 1. The topological polar surface area (TPSA) is 29.5 Å². The summed E-state index contributed by atoms with van der Waals surface area (Å²) in [6.45, 7) is 1.62. The van der Waals surface area contributed by atoms with E-state index in [9.17, 15) is 13.9 Å². The molecule has 1 aromatic rings. The summed E-state index contributed by atoms with van der Waals surface area (Å²) in [7, 11) is 1.27. The predicted molar refractivity (Wildman–Crippen MR) is 55.2 cm³/mol. The van der Waals surface area contributed by atoms with Crippen molar-refractivity contribution in [3.05, 3.63) is 29.3 Å². The summed E-state index contributed by atoms with van der Waals surface area (Å²) >= 11 is 0. The van der Waals surface area contributed by atoms with Gasteiger partial charge in [0.1, 0.15) is 0 Å². The van der Waals surface area contributed by atoms with Gasteiger partial charge in [-0.1, -0.05) is 0 Å². The Labute approximate surface area is 92.9 Å². The zero-order valence-electron chi connectivity index (χ0n) is 9.26. The fourth-order valence-electron chi connectivity index (χ4n) is 1.89. The van der Waals surface area contributed by atoms with E-state index in [4.69, 9.17) is 4.74 Å². The second-order valence-electron chi connectivity index (χ2n) is 4.40. The summed E-state index contributed by atoms with van der Waals surface area (Å²) in [5, 5.41) is 10.2. The molecule has 0 spiro atoms. The lowest BCUT2D eigenvalue weighted by molar-refractivity contribution is 0.0324. The van der Waals surface area contributed by atoms with E-state index in [0.717, 1.165) is 18.9 Å². The van der Waals surface area contributed by atoms with E-state index in [0.29, 0.717) is 5.56 Å². The van der Waals surface area contributed by atoms with Crippen LogP contribution in [0.5, 0.6) is 5.75 Å². The normalized spacial score (nSPS) is 19.3. The minimum atomic E-state index is -1.11. The Morgan fingerprint density at radius 3 is 2.50 bits per heavy atom. The average molecular weight is 228 g/mol. The lowest BCUT2D eigenvalue weighted by atomic mass is 9.90. The monoisotopic (exact) mass is 228 g/mol. The maximum Gasteiger partial charge on any atom is 0.200 e. The van der Waals surface area contributed by atoms with E-state index >= 15 is 0 Å². The van der Waals surface area contributed by atoms with Crippen molar-refractivity contribution in [3.63, 3.8) is 0 Å². The van der Waals surface area contributed by atoms with Crippen molar-refractivity contribution in [3.8, 4) is 5.75 Å². The van der Waals surface area contributed by atoms with E-state index in [1.807, 2.05) is 0 Å². The van der Waals surface area contributed by atoms with Gasteiger partial charge in [0.2, 0.25) is 5.82 Å². The molecule has 1 saturated carbocycles. The second-order valence-corrected chi connectivity index (χ2v) is 4.40. The molecule has 0 aromatic heterocycles. The molecule has 88 valence electrons. The highest BCUT2D eigenvalue weighted by Gasteiger charge is 2.41. The van der Waals surface area contributed by atoms with Gasteiger partial charge in [0.25, 0.3) is 0 Å². The van der Waals surface area contributed by atoms with Crippen LogP contribution in [-0.2, 0) is 5.60 Å². The lowest BCUT2D eigenvalue weighted by Gasteiger charge is -2.24. The molecule has 0 radical (unpaired) electrons. The van der Waals surface area contributed by atoms with Crippen molar-refractivity contribution in [1.29, 1.82) is 0 Å². The van der Waals surface area contributed by atoms with Crippen LogP contribution >= 0.6 is 0 Å². The van der Waals surface area contributed by atoms with E-state index in [1.54, 1.807) is 6.92 Å². The van der Waals surface area contributed by atoms with Crippen LogP contribution in [0.4, 0.5) is 8.78 Å². The molecular weight excluding hydrogens is 214 g/mol. The van der Waals surface area contributed by atoms with Gasteiger partial charge in [-0.3, -0.25) is 0 Å². The Balaban J connectivity index is 2.45. The summed E-state index contributed by atoms with van der Waals surface area (Å²) in [6, 6.07) is 2.40. The number of hydrogen-bond donors (Lipinski definition) is 1. The van der Waals surface area contributed by atoms with Crippen LogP contribution in [0.2, 0.25) is 0 Å². The van der Waals surface area contributed by atoms with Gasteiger partial charge < -0.3 is 9.84 Å². The Morgan fingerprint density at radius 1 is 1.38 bits per heavy atom. The van der Waals surface area contributed by atoms with Gasteiger partial charge in [-0.15, -0.1) is 0 Å². The van der Waals surface area contributed by atoms with Gasteiger partial charge in [-0.25, -0.2) is 4.39 Å². The van der Waals surface area contributed by atoms with Gasteiger partial charge in [-0.05, 0) is 43.4 Å². The Hall–Kier alpha value is -1.16. The second kappa shape index (κ2) is 3.70. The van der Waals surface area contributed by atoms with Gasteiger partial charge >= 0.3 is 0 Å². The van der Waals surface area contributed by atoms with E-state index in [-0.39, 0.29) is 11.7 Å². The smallest absolute Gasteiger partial charge is 0.200 e. The highest BCUT2D eigenvalue weighted by atomic mass is 19.2. The molecular formula is C12H14F2O2. The summed E-state index contributed by atoms with van der Waals surface area (Å²) < 4.78 is 31.2. The molecule has 1 aromatic carbocycles. The molecule has 1 atom stereocenters. The maximum atomic E-state index is 13.3. The van der Waals surface area contributed by atoms with Crippen molar-refractivity contribution in [1.82, 2.24) is 0 Å². The maximum absolute atomic E-state index is 13.3. The standard InChI is InChI=1S/C12H14F2O2/c1-12(15,7-3-4-7)8-5-9(13)11(14)10(6-8)16-2/h5-7,15H,3-4H2,1-2H3/t12-/m0/s1. The van der Waals surface area contributed by atoms with Crippen LogP contribution < -0.4 is 4.74 Å². The van der Waals surface area contributed by atoms with E-state index < -0.39 is 17.2 Å². The van der Waals surface area contributed by atoms with Crippen molar-refractivity contribution in [2.45, 2.75) is 25.4 Å². The Morgan fingerprint density at radius 2 is 2.00 bits per heavy atom. The minimum absolute atomic E-state index is 0.127. The third-order valence-corrected chi connectivity index (χ3v) is 3.17. The molecule has 0 heterocycles. The quantitative estimate of drug-likeness (QED) is 0.861. The fourth-order valence-corrected chi connectivity index (χ4v) is 1.89. The van der Waals surface area contributed by atoms with E-state index in [2.05, 4.69) is 0 Å². The highest BCUT2D eigenvalue weighted by molar-refractivity contribution is 5.35.